The second-order valence-electron chi connectivity index (χ2n) is 4.01. The Balaban J connectivity index is 2.55. The summed E-state index contributed by atoms with van der Waals surface area (Å²) in [6.07, 6.45) is 0.914. The van der Waals surface area contributed by atoms with Gasteiger partial charge in [-0.3, -0.25) is 0 Å². The first-order valence-corrected chi connectivity index (χ1v) is 5.53. The zero-order valence-corrected chi connectivity index (χ0v) is 9.80. The summed E-state index contributed by atoms with van der Waals surface area (Å²) in [6, 6.07) is 5.72. The fraction of sp³-hybridized carbons (Fsp3) is 0.385. The molecule has 1 aromatic carbocycles. The quantitative estimate of drug-likeness (QED) is 0.857. The highest BCUT2D eigenvalue weighted by Gasteiger charge is 2.15. The van der Waals surface area contributed by atoms with Crippen LogP contribution in [0.15, 0.2) is 22.6 Å². The summed E-state index contributed by atoms with van der Waals surface area (Å²) in [4.78, 5) is 0. The third kappa shape index (κ3) is 1.71. The van der Waals surface area contributed by atoms with E-state index in [1.165, 1.54) is 0 Å². The van der Waals surface area contributed by atoms with Gasteiger partial charge in [0.1, 0.15) is 5.76 Å². The molecule has 2 aromatic rings. The largest absolute Gasteiger partial charge is 0.456 e. The average molecular weight is 221 g/mol. The predicted octanol–water partition coefficient (Wildman–Crippen LogP) is 3.55. The van der Waals surface area contributed by atoms with Crippen molar-refractivity contribution in [2.75, 3.05) is 7.05 Å². The maximum atomic E-state index is 13.8. The Bertz CT molecular complexity index is 500. The van der Waals surface area contributed by atoms with Crippen LogP contribution >= 0.6 is 0 Å². The first-order valence-electron chi connectivity index (χ1n) is 5.53. The number of hydrogen-bond donors (Lipinski definition) is 1. The van der Waals surface area contributed by atoms with Crippen molar-refractivity contribution in [1.82, 2.24) is 5.32 Å². The first-order chi connectivity index (χ1) is 7.67. The zero-order valence-electron chi connectivity index (χ0n) is 9.80. The molecule has 1 atom stereocenters. The molecule has 1 N–H and O–H groups in total. The van der Waals surface area contributed by atoms with E-state index >= 15 is 0 Å². The monoisotopic (exact) mass is 221 g/mol. The Morgan fingerprint density at radius 2 is 2.19 bits per heavy atom. The van der Waals surface area contributed by atoms with Crippen molar-refractivity contribution < 1.29 is 8.81 Å². The van der Waals surface area contributed by atoms with Gasteiger partial charge in [0, 0.05) is 5.39 Å². The Kier molecular flexibility index (Phi) is 2.97. The SMILES string of the molecule is CCC(NC)c1cc2ccc(C)c(F)c2o1. The van der Waals surface area contributed by atoms with Crippen molar-refractivity contribution in [2.45, 2.75) is 26.3 Å². The van der Waals surface area contributed by atoms with E-state index in [2.05, 4.69) is 12.2 Å². The summed E-state index contributed by atoms with van der Waals surface area (Å²) >= 11 is 0. The lowest BCUT2D eigenvalue weighted by Crippen LogP contribution is -2.14. The molecule has 1 aromatic heterocycles. The Morgan fingerprint density at radius 1 is 1.44 bits per heavy atom. The Morgan fingerprint density at radius 3 is 2.81 bits per heavy atom. The minimum absolute atomic E-state index is 0.145. The molecular formula is C13H16FNO. The number of nitrogens with one attached hydrogen (secondary N) is 1. The van der Waals surface area contributed by atoms with Gasteiger partial charge in [0.05, 0.1) is 6.04 Å². The zero-order chi connectivity index (χ0) is 11.7. The smallest absolute Gasteiger partial charge is 0.170 e. The van der Waals surface area contributed by atoms with Gasteiger partial charge in [-0.1, -0.05) is 19.1 Å². The third-order valence-electron chi connectivity index (χ3n) is 2.94. The second-order valence-corrected chi connectivity index (χ2v) is 4.01. The van der Waals surface area contributed by atoms with Crippen LogP contribution in [0, 0.1) is 12.7 Å². The normalized spacial score (nSPS) is 13.2. The van der Waals surface area contributed by atoms with Crippen molar-refractivity contribution in [3.63, 3.8) is 0 Å². The van der Waals surface area contributed by atoms with E-state index in [1.807, 2.05) is 19.2 Å². The first kappa shape index (κ1) is 11.1. The van der Waals surface area contributed by atoms with Gasteiger partial charge in [-0.2, -0.15) is 0 Å². The van der Waals surface area contributed by atoms with E-state index in [1.54, 1.807) is 13.0 Å². The molecule has 0 saturated carbocycles. The minimum Gasteiger partial charge on any atom is -0.456 e. The van der Waals surface area contributed by atoms with E-state index in [-0.39, 0.29) is 11.9 Å². The van der Waals surface area contributed by atoms with Gasteiger partial charge >= 0.3 is 0 Å². The lowest BCUT2D eigenvalue weighted by molar-refractivity contribution is 0.435. The van der Waals surface area contributed by atoms with Crippen LogP contribution in [0.3, 0.4) is 0 Å². The molecule has 1 heterocycles. The number of fused-ring (bicyclic) bond motifs is 1. The number of furan rings is 1. The van der Waals surface area contributed by atoms with Crippen molar-refractivity contribution in [1.29, 1.82) is 0 Å². The van der Waals surface area contributed by atoms with Crippen LogP contribution < -0.4 is 5.32 Å². The third-order valence-corrected chi connectivity index (χ3v) is 2.94. The lowest BCUT2D eigenvalue weighted by Gasteiger charge is -2.09. The van der Waals surface area contributed by atoms with Gasteiger partial charge in [0.15, 0.2) is 11.4 Å². The molecule has 0 radical (unpaired) electrons. The Hall–Kier alpha value is -1.35. The van der Waals surface area contributed by atoms with Crippen molar-refractivity contribution in [2.24, 2.45) is 0 Å². The highest BCUT2D eigenvalue weighted by molar-refractivity contribution is 5.79. The topological polar surface area (TPSA) is 25.2 Å². The molecule has 0 aliphatic rings. The van der Waals surface area contributed by atoms with Gasteiger partial charge in [0.2, 0.25) is 0 Å². The molecule has 0 aliphatic heterocycles. The fourth-order valence-electron chi connectivity index (χ4n) is 1.91. The highest BCUT2D eigenvalue weighted by atomic mass is 19.1. The number of halogens is 1. The van der Waals surface area contributed by atoms with Crippen molar-refractivity contribution >= 4 is 11.0 Å². The summed E-state index contributed by atoms with van der Waals surface area (Å²) in [5, 5.41) is 3.97. The molecule has 0 aliphatic carbocycles. The standard InChI is InChI=1S/C13H16FNO/c1-4-10(15-3)11-7-9-6-5-8(2)12(14)13(9)16-11/h5-7,10,15H,4H2,1-3H3. The molecule has 0 spiro atoms. The highest BCUT2D eigenvalue weighted by Crippen LogP contribution is 2.28. The number of hydrogen-bond acceptors (Lipinski definition) is 2. The van der Waals surface area contributed by atoms with Gasteiger partial charge in [0.25, 0.3) is 0 Å². The van der Waals surface area contributed by atoms with E-state index in [4.69, 9.17) is 4.42 Å². The number of benzene rings is 1. The average Bonchev–Trinajstić information content (AvgIpc) is 2.70. The van der Waals surface area contributed by atoms with Crippen LogP contribution in [0.2, 0.25) is 0 Å². The molecule has 86 valence electrons. The van der Waals surface area contributed by atoms with Gasteiger partial charge < -0.3 is 9.73 Å². The molecule has 0 amide bonds. The van der Waals surface area contributed by atoms with Gasteiger partial charge in [-0.25, -0.2) is 4.39 Å². The maximum absolute atomic E-state index is 13.8. The summed E-state index contributed by atoms with van der Waals surface area (Å²) in [7, 11) is 1.88. The van der Waals surface area contributed by atoms with Crippen LogP contribution in [0.25, 0.3) is 11.0 Å². The van der Waals surface area contributed by atoms with E-state index < -0.39 is 0 Å². The maximum Gasteiger partial charge on any atom is 0.170 e. The minimum atomic E-state index is -0.255. The molecular weight excluding hydrogens is 205 g/mol. The van der Waals surface area contributed by atoms with Crippen LogP contribution in [-0.2, 0) is 0 Å². The van der Waals surface area contributed by atoms with Crippen molar-refractivity contribution in [3.05, 3.63) is 35.3 Å². The summed E-state index contributed by atoms with van der Waals surface area (Å²) in [6.45, 7) is 3.81. The van der Waals surface area contributed by atoms with Crippen LogP contribution in [0.5, 0.6) is 0 Å². The molecule has 1 unspecified atom stereocenters. The van der Waals surface area contributed by atoms with Gasteiger partial charge in [-0.05, 0) is 32.0 Å². The molecule has 0 saturated heterocycles. The molecule has 0 fully saturated rings. The number of rotatable bonds is 3. The molecule has 2 nitrogen and oxygen atoms in total. The fourth-order valence-corrected chi connectivity index (χ4v) is 1.91. The Labute approximate surface area is 94.4 Å². The van der Waals surface area contributed by atoms with Crippen LogP contribution in [0.4, 0.5) is 4.39 Å². The lowest BCUT2D eigenvalue weighted by atomic mass is 10.1. The predicted molar refractivity (Wildman–Crippen MR) is 63.0 cm³/mol. The van der Waals surface area contributed by atoms with Crippen molar-refractivity contribution in [3.8, 4) is 0 Å². The second kappa shape index (κ2) is 4.26. The molecule has 0 bridgehead atoms. The number of aryl methyl sites for hydroxylation is 1. The summed E-state index contributed by atoms with van der Waals surface area (Å²) in [5.41, 5.74) is 0.981. The molecule has 2 rings (SSSR count). The van der Waals surface area contributed by atoms with Gasteiger partial charge in [-0.15, -0.1) is 0 Å². The summed E-state index contributed by atoms with van der Waals surface area (Å²) in [5.74, 6) is 0.541. The van der Waals surface area contributed by atoms with E-state index in [0.29, 0.717) is 11.1 Å². The summed E-state index contributed by atoms with van der Waals surface area (Å²) < 4.78 is 19.4. The molecule has 3 heteroatoms. The van der Waals surface area contributed by atoms with Crippen LogP contribution in [0.1, 0.15) is 30.7 Å². The van der Waals surface area contributed by atoms with Crippen LogP contribution in [-0.4, -0.2) is 7.05 Å². The van der Waals surface area contributed by atoms with E-state index in [0.717, 1.165) is 17.6 Å². The van der Waals surface area contributed by atoms with E-state index in [9.17, 15) is 4.39 Å². The molecule has 16 heavy (non-hydrogen) atoms.